The summed E-state index contributed by atoms with van der Waals surface area (Å²) in [6.07, 6.45) is 1.96. The fourth-order valence-corrected chi connectivity index (χ4v) is 4.17. The van der Waals surface area contributed by atoms with E-state index < -0.39 is 0 Å². The lowest BCUT2D eigenvalue weighted by molar-refractivity contribution is 0.355. The molecule has 0 saturated carbocycles. The van der Waals surface area contributed by atoms with Crippen LogP contribution in [0.3, 0.4) is 0 Å². The summed E-state index contributed by atoms with van der Waals surface area (Å²) in [6.45, 7) is 2.15. The fourth-order valence-electron chi connectivity index (χ4n) is 2.73. The van der Waals surface area contributed by atoms with Gasteiger partial charge in [0, 0.05) is 10.4 Å². The van der Waals surface area contributed by atoms with E-state index in [1.165, 1.54) is 4.88 Å². The van der Waals surface area contributed by atoms with E-state index in [0.29, 0.717) is 21.5 Å². The lowest BCUT2D eigenvalue weighted by Crippen LogP contribution is -1.93. The summed E-state index contributed by atoms with van der Waals surface area (Å²) in [5.41, 5.74) is 2.65. The van der Waals surface area contributed by atoms with Crippen LogP contribution in [-0.2, 0) is 6.42 Å². The van der Waals surface area contributed by atoms with Crippen LogP contribution in [0.1, 0.15) is 18.2 Å². The molecule has 0 aliphatic rings. The first kappa shape index (κ1) is 19.8. The predicted molar refractivity (Wildman–Crippen MR) is 114 cm³/mol. The molecule has 0 fully saturated rings. The van der Waals surface area contributed by atoms with Crippen LogP contribution in [0.5, 0.6) is 11.5 Å². The maximum absolute atomic E-state index is 6.29. The molecule has 27 heavy (non-hydrogen) atoms. The number of hydrogen-bond donors (Lipinski definition) is 1. The van der Waals surface area contributed by atoms with Crippen molar-refractivity contribution in [2.24, 2.45) is 0 Å². The molecule has 1 N–H and O–H groups in total. The maximum atomic E-state index is 6.29. The molecular weight excluding hydrogens is 403 g/mol. The van der Waals surface area contributed by atoms with Crippen molar-refractivity contribution in [2.45, 2.75) is 19.8 Å². The van der Waals surface area contributed by atoms with Crippen LogP contribution in [0.25, 0.3) is 11.3 Å². The van der Waals surface area contributed by atoms with Crippen LogP contribution in [0.2, 0.25) is 10.0 Å². The molecule has 0 unspecified atom stereocenters. The molecule has 0 amide bonds. The zero-order chi connectivity index (χ0) is 19.4. The van der Waals surface area contributed by atoms with E-state index >= 15 is 0 Å². The number of hydrogen-bond acceptors (Lipinski definition) is 5. The van der Waals surface area contributed by atoms with Crippen molar-refractivity contribution in [1.29, 1.82) is 0 Å². The van der Waals surface area contributed by atoms with Crippen molar-refractivity contribution in [2.75, 3.05) is 19.5 Å². The first-order chi connectivity index (χ1) is 13.1. The van der Waals surface area contributed by atoms with Crippen LogP contribution in [0, 0.1) is 0 Å². The van der Waals surface area contributed by atoms with Gasteiger partial charge in [0.15, 0.2) is 16.6 Å². The highest BCUT2D eigenvalue weighted by molar-refractivity contribution is 7.16. The van der Waals surface area contributed by atoms with Gasteiger partial charge in [-0.05, 0) is 36.8 Å². The Morgan fingerprint density at radius 3 is 2.56 bits per heavy atom. The number of aryl methyl sites for hydroxylation is 1. The van der Waals surface area contributed by atoms with E-state index in [4.69, 9.17) is 37.7 Å². The molecule has 1 heterocycles. The number of nitrogens with zero attached hydrogens (tertiary/aromatic N) is 1. The average molecular weight is 423 g/mol. The highest BCUT2D eigenvalue weighted by Gasteiger charge is 2.16. The number of nitrogens with one attached hydrogen (secondary N) is 1. The lowest BCUT2D eigenvalue weighted by atomic mass is 10.1. The molecule has 0 spiro atoms. The summed E-state index contributed by atoms with van der Waals surface area (Å²) in [4.78, 5) is 6.00. The third-order valence-corrected chi connectivity index (χ3v) is 5.87. The minimum atomic E-state index is 0.485. The summed E-state index contributed by atoms with van der Waals surface area (Å²) in [5, 5.41) is 5.05. The van der Waals surface area contributed by atoms with Crippen molar-refractivity contribution in [3.8, 4) is 22.8 Å². The third-order valence-electron chi connectivity index (χ3n) is 4.02. The molecule has 0 bridgehead atoms. The molecule has 3 aromatic rings. The van der Waals surface area contributed by atoms with Gasteiger partial charge >= 0.3 is 0 Å². The van der Waals surface area contributed by atoms with Crippen LogP contribution in [0.4, 0.5) is 10.8 Å². The molecule has 4 nitrogen and oxygen atoms in total. The normalized spacial score (nSPS) is 10.7. The molecule has 142 valence electrons. The van der Waals surface area contributed by atoms with E-state index in [0.717, 1.165) is 34.9 Å². The highest BCUT2D eigenvalue weighted by Crippen LogP contribution is 2.39. The number of thiazole rings is 1. The predicted octanol–water partition coefficient (Wildman–Crippen LogP) is 6.83. The molecule has 0 saturated heterocycles. The second-order valence-electron chi connectivity index (χ2n) is 5.84. The Morgan fingerprint density at radius 2 is 1.85 bits per heavy atom. The highest BCUT2D eigenvalue weighted by atomic mass is 35.5. The molecule has 0 aliphatic heterocycles. The minimum absolute atomic E-state index is 0.485. The summed E-state index contributed by atoms with van der Waals surface area (Å²) in [7, 11) is 3.25. The van der Waals surface area contributed by atoms with Gasteiger partial charge in [-0.1, -0.05) is 42.6 Å². The Labute approximate surface area is 173 Å². The van der Waals surface area contributed by atoms with Crippen molar-refractivity contribution >= 4 is 45.4 Å². The molecule has 0 radical (unpaired) electrons. The van der Waals surface area contributed by atoms with Gasteiger partial charge in [-0.15, -0.1) is 11.3 Å². The van der Waals surface area contributed by atoms with E-state index in [1.54, 1.807) is 31.6 Å². The average Bonchev–Trinajstić information content (AvgIpc) is 3.07. The van der Waals surface area contributed by atoms with Gasteiger partial charge in [0.25, 0.3) is 0 Å². The van der Waals surface area contributed by atoms with Crippen molar-refractivity contribution in [3.63, 3.8) is 0 Å². The molecule has 7 heteroatoms. The Morgan fingerprint density at radius 1 is 1.07 bits per heavy atom. The van der Waals surface area contributed by atoms with Gasteiger partial charge < -0.3 is 14.8 Å². The largest absolute Gasteiger partial charge is 0.493 e. The smallest absolute Gasteiger partial charge is 0.188 e. The number of halogens is 2. The first-order valence-electron chi connectivity index (χ1n) is 8.50. The summed E-state index contributed by atoms with van der Waals surface area (Å²) in [6, 6.07) is 11.3. The zero-order valence-electron chi connectivity index (χ0n) is 15.3. The quantitative estimate of drug-likeness (QED) is 0.452. The molecule has 2 aromatic carbocycles. The standard InChI is InChI=1S/C20H20Cl2N2O2S/c1-4-6-17-19(12-9-10-15(25-2)16(11-12)26-3)24-20(27-17)23-14-8-5-7-13(21)18(14)22/h5,7-11H,4,6H2,1-3H3,(H,23,24). The van der Waals surface area contributed by atoms with Gasteiger partial charge in [0.2, 0.25) is 0 Å². The van der Waals surface area contributed by atoms with E-state index in [9.17, 15) is 0 Å². The Kier molecular flexibility index (Phi) is 6.47. The Bertz CT molecular complexity index is 944. The number of anilines is 2. The molecule has 3 rings (SSSR count). The van der Waals surface area contributed by atoms with Gasteiger partial charge in [0.05, 0.1) is 35.6 Å². The van der Waals surface area contributed by atoms with Gasteiger partial charge in [-0.3, -0.25) is 0 Å². The molecule has 0 atom stereocenters. The van der Waals surface area contributed by atoms with Crippen LogP contribution in [-0.4, -0.2) is 19.2 Å². The van der Waals surface area contributed by atoms with Gasteiger partial charge in [-0.25, -0.2) is 4.98 Å². The second kappa shape index (κ2) is 8.83. The van der Waals surface area contributed by atoms with Crippen LogP contribution >= 0.6 is 34.5 Å². The number of rotatable bonds is 7. The molecule has 1 aromatic heterocycles. The fraction of sp³-hybridized carbons (Fsp3) is 0.250. The number of ether oxygens (including phenoxy) is 2. The Balaban J connectivity index is 2.00. The minimum Gasteiger partial charge on any atom is -0.493 e. The maximum Gasteiger partial charge on any atom is 0.188 e. The van der Waals surface area contributed by atoms with Gasteiger partial charge in [0.1, 0.15) is 0 Å². The van der Waals surface area contributed by atoms with E-state index in [2.05, 4.69) is 12.2 Å². The van der Waals surface area contributed by atoms with Crippen molar-refractivity contribution in [1.82, 2.24) is 4.98 Å². The van der Waals surface area contributed by atoms with Crippen LogP contribution < -0.4 is 14.8 Å². The number of benzene rings is 2. The SMILES string of the molecule is CCCc1sc(Nc2cccc(Cl)c2Cl)nc1-c1ccc(OC)c(OC)c1. The second-order valence-corrected chi connectivity index (χ2v) is 7.71. The summed E-state index contributed by atoms with van der Waals surface area (Å²) in [5.74, 6) is 1.37. The number of aromatic nitrogens is 1. The molecule has 0 aliphatic carbocycles. The summed E-state index contributed by atoms with van der Waals surface area (Å²) < 4.78 is 10.8. The molecular formula is C20H20Cl2N2O2S. The van der Waals surface area contributed by atoms with E-state index in [1.807, 2.05) is 30.3 Å². The van der Waals surface area contributed by atoms with Crippen molar-refractivity contribution in [3.05, 3.63) is 51.3 Å². The Hall–Kier alpha value is -1.95. The number of methoxy groups -OCH3 is 2. The zero-order valence-corrected chi connectivity index (χ0v) is 17.6. The lowest BCUT2D eigenvalue weighted by Gasteiger charge is -2.09. The third kappa shape index (κ3) is 4.32. The summed E-state index contributed by atoms with van der Waals surface area (Å²) >= 11 is 14.0. The van der Waals surface area contributed by atoms with Crippen LogP contribution in [0.15, 0.2) is 36.4 Å². The topological polar surface area (TPSA) is 43.4 Å². The van der Waals surface area contributed by atoms with Gasteiger partial charge in [-0.2, -0.15) is 0 Å². The van der Waals surface area contributed by atoms with Crippen molar-refractivity contribution < 1.29 is 9.47 Å². The first-order valence-corrected chi connectivity index (χ1v) is 10.1. The monoisotopic (exact) mass is 422 g/mol. The van der Waals surface area contributed by atoms with E-state index in [-0.39, 0.29) is 0 Å².